The van der Waals surface area contributed by atoms with Gasteiger partial charge in [-0.05, 0) is 34.6 Å². The second-order valence-corrected chi connectivity index (χ2v) is 5.67. The highest BCUT2D eigenvalue weighted by molar-refractivity contribution is 6.01. The highest BCUT2D eigenvalue weighted by atomic mass is 16.6. The maximum atomic E-state index is 12.4. The van der Waals surface area contributed by atoms with Gasteiger partial charge in [0, 0.05) is 12.1 Å². The van der Waals surface area contributed by atoms with E-state index in [1.54, 1.807) is 19.1 Å². The van der Waals surface area contributed by atoms with Gasteiger partial charge in [0.15, 0.2) is 5.78 Å². The highest BCUT2D eigenvalue weighted by Crippen LogP contribution is 2.14. The number of carbonyl (C=O) groups is 2. The Balaban J connectivity index is 2.84. The van der Waals surface area contributed by atoms with Gasteiger partial charge in [0.2, 0.25) is 0 Å². The van der Waals surface area contributed by atoms with Crippen molar-refractivity contribution in [3.8, 4) is 0 Å². The molecule has 1 unspecified atom stereocenters. The van der Waals surface area contributed by atoms with Gasteiger partial charge in [-0.15, -0.1) is 0 Å². The zero-order chi connectivity index (χ0) is 15.3. The van der Waals surface area contributed by atoms with E-state index in [0.717, 1.165) is 0 Å². The average molecular weight is 277 g/mol. The largest absolute Gasteiger partial charge is 0.444 e. The van der Waals surface area contributed by atoms with Gasteiger partial charge in [-0.2, -0.15) is 0 Å². The van der Waals surface area contributed by atoms with Crippen molar-refractivity contribution in [2.45, 2.75) is 46.3 Å². The molecule has 0 aliphatic carbocycles. The fourth-order valence-corrected chi connectivity index (χ4v) is 1.87. The van der Waals surface area contributed by atoms with Crippen LogP contribution in [-0.2, 0) is 4.74 Å². The molecule has 0 N–H and O–H groups in total. The summed E-state index contributed by atoms with van der Waals surface area (Å²) in [6.07, 6.45) is -0.461. The first-order chi connectivity index (χ1) is 9.26. The molecule has 0 spiro atoms. The molecule has 20 heavy (non-hydrogen) atoms. The second kappa shape index (κ2) is 6.55. The number of carbonyl (C=O) groups excluding carboxylic acids is 2. The molecule has 0 fully saturated rings. The lowest BCUT2D eigenvalue weighted by Gasteiger charge is -2.30. The van der Waals surface area contributed by atoms with E-state index < -0.39 is 17.7 Å². The van der Waals surface area contributed by atoms with Crippen LogP contribution in [0.1, 0.15) is 45.0 Å². The van der Waals surface area contributed by atoms with Gasteiger partial charge < -0.3 is 4.74 Å². The minimum atomic E-state index is -0.569. The number of ether oxygens (including phenoxy) is 1. The molecule has 1 aromatic rings. The van der Waals surface area contributed by atoms with E-state index in [1.165, 1.54) is 4.90 Å². The third-order valence-corrected chi connectivity index (χ3v) is 2.87. The van der Waals surface area contributed by atoms with Crippen molar-refractivity contribution in [3.63, 3.8) is 0 Å². The Morgan fingerprint density at radius 2 is 1.75 bits per heavy atom. The number of benzene rings is 1. The number of hydrogen-bond acceptors (Lipinski definition) is 3. The average Bonchev–Trinajstić information content (AvgIpc) is 2.37. The standard InChI is InChI=1S/C16H23NO3/c1-6-17(15(19)20-16(3,4)5)12(2)14(18)13-10-8-7-9-11-13/h7-12H,6H2,1-5H3. The molecule has 1 atom stereocenters. The van der Waals surface area contributed by atoms with Gasteiger partial charge in [0.05, 0.1) is 6.04 Å². The maximum absolute atomic E-state index is 12.4. The normalized spacial score (nSPS) is 12.7. The van der Waals surface area contributed by atoms with Crippen LogP contribution in [0.3, 0.4) is 0 Å². The number of amides is 1. The SMILES string of the molecule is CCN(C(=O)OC(C)(C)C)C(C)C(=O)c1ccccc1. The van der Waals surface area contributed by atoms with Crippen molar-refractivity contribution in [1.29, 1.82) is 0 Å². The fraction of sp³-hybridized carbons (Fsp3) is 0.500. The number of ketones is 1. The first-order valence-corrected chi connectivity index (χ1v) is 6.85. The lowest BCUT2D eigenvalue weighted by atomic mass is 10.0. The van der Waals surface area contributed by atoms with Gasteiger partial charge in [-0.3, -0.25) is 9.69 Å². The first kappa shape index (κ1) is 16.2. The van der Waals surface area contributed by atoms with E-state index in [4.69, 9.17) is 4.74 Å². The van der Waals surface area contributed by atoms with Crippen molar-refractivity contribution in [2.24, 2.45) is 0 Å². The molecule has 0 aromatic heterocycles. The van der Waals surface area contributed by atoms with Crippen molar-refractivity contribution in [3.05, 3.63) is 35.9 Å². The third-order valence-electron chi connectivity index (χ3n) is 2.87. The maximum Gasteiger partial charge on any atom is 0.410 e. The molecule has 1 amide bonds. The molecule has 1 rings (SSSR count). The fourth-order valence-electron chi connectivity index (χ4n) is 1.87. The highest BCUT2D eigenvalue weighted by Gasteiger charge is 2.29. The predicted octanol–water partition coefficient (Wildman–Crippen LogP) is 3.51. The van der Waals surface area contributed by atoms with Crippen LogP contribution in [0.4, 0.5) is 4.79 Å². The van der Waals surface area contributed by atoms with Gasteiger partial charge >= 0.3 is 6.09 Å². The van der Waals surface area contributed by atoms with E-state index in [9.17, 15) is 9.59 Å². The summed E-state index contributed by atoms with van der Waals surface area (Å²) in [5, 5.41) is 0. The Morgan fingerprint density at radius 1 is 1.20 bits per heavy atom. The Kier molecular flexibility index (Phi) is 5.31. The lowest BCUT2D eigenvalue weighted by molar-refractivity contribution is 0.0186. The summed E-state index contributed by atoms with van der Waals surface area (Å²) in [6, 6.07) is 8.43. The molecule has 0 radical (unpaired) electrons. The Bertz CT molecular complexity index is 462. The van der Waals surface area contributed by atoms with Crippen LogP contribution in [0.15, 0.2) is 30.3 Å². The van der Waals surface area contributed by atoms with Crippen LogP contribution in [0.2, 0.25) is 0 Å². The molecule has 1 aromatic carbocycles. The van der Waals surface area contributed by atoms with Crippen molar-refractivity contribution in [2.75, 3.05) is 6.54 Å². The Morgan fingerprint density at radius 3 is 2.20 bits per heavy atom. The van der Waals surface area contributed by atoms with Crippen molar-refractivity contribution in [1.82, 2.24) is 4.90 Å². The van der Waals surface area contributed by atoms with E-state index in [-0.39, 0.29) is 5.78 Å². The third kappa shape index (κ3) is 4.37. The van der Waals surface area contributed by atoms with Crippen LogP contribution in [0, 0.1) is 0 Å². The quantitative estimate of drug-likeness (QED) is 0.791. The number of rotatable bonds is 4. The van der Waals surface area contributed by atoms with E-state index in [0.29, 0.717) is 12.1 Å². The zero-order valence-corrected chi connectivity index (χ0v) is 12.8. The van der Waals surface area contributed by atoms with Crippen LogP contribution < -0.4 is 0 Å². The lowest BCUT2D eigenvalue weighted by Crippen LogP contribution is -2.45. The molecule has 0 aliphatic heterocycles. The van der Waals surface area contributed by atoms with Gasteiger partial charge in [-0.25, -0.2) is 4.79 Å². The molecular formula is C16H23NO3. The second-order valence-electron chi connectivity index (χ2n) is 5.67. The minimum absolute atomic E-state index is 0.0849. The van der Waals surface area contributed by atoms with Crippen LogP contribution in [0.5, 0.6) is 0 Å². The van der Waals surface area contributed by atoms with Crippen LogP contribution in [-0.4, -0.2) is 35.0 Å². The number of Topliss-reactive ketones (excluding diaryl/α,β-unsaturated/α-hetero) is 1. The monoisotopic (exact) mass is 277 g/mol. The summed E-state index contributed by atoms with van der Waals surface area (Å²) < 4.78 is 5.33. The topological polar surface area (TPSA) is 46.6 Å². The van der Waals surface area contributed by atoms with Crippen molar-refractivity contribution >= 4 is 11.9 Å². The van der Waals surface area contributed by atoms with Crippen LogP contribution in [0.25, 0.3) is 0 Å². The van der Waals surface area contributed by atoms with Crippen LogP contribution >= 0.6 is 0 Å². The molecule has 0 bridgehead atoms. The van der Waals surface area contributed by atoms with Gasteiger partial charge in [0.1, 0.15) is 5.60 Å². The molecule has 4 nitrogen and oxygen atoms in total. The van der Waals surface area contributed by atoms with Crippen molar-refractivity contribution < 1.29 is 14.3 Å². The summed E-state index contributed by atoms with van der Waals surface area (Å²) in [7, 11) is 0. The summed E-state index contributed by atoms with van der Waals surface area (Å²) >= 11 is 0. The molecule has 0 heterocycles. The van der Waals surface area contributed by atoms with E-state index in [1.807, 2.05) is 45.9 Å². The summed E-state index contributed by atoms with van der Waals surface area (Å²) in [6.45, 7) is 9.41. The Labute approximate surface area is 120 Å². The minimum Gasteiger partial charge on any atom is -0.444 e. The van der Waals surface area contributed by atoms with Gasteiger partial charge in [-0.1, -0.05) is 30.3 Å². The molecule has 0 saturated heterocycles. The number of hydrogen-bond donors (Lipinski definition) is 0. The summed E-state index contributed by atoms with van der Waals surface area (Å²) in [5.41, 5.74) is 0.0297. The van der Waals surface area contributed by atoms with Gasteiger partial charge in [0.25, 0.3) is 0 Å². The summed E-state index contributed by atoms with van der Waals surface area (Å²) in [5.74, 6) is -0.0849. The van der Waals surface area contributed by atoms with E-state index in [2.05, 4.69) is 0 Å². The smallest absolute Gasteiger partial charge is 0.410 e. The van der Waals surface area contributed by atoms with E-state index >= 15 is 0 Å². The first-order valence-electron chi connectivity index (χ1n) is 6.85. The predicted molar refractivity (Wildman–Crippen MR) is 78.8 cm³/mol. The molecule has 0 saturated carbocycles. The zero-order valence-electron chi connectivity index (χ0n) is 12.8. The molecular weight excluding hydrogens is 254 g/mol. The molecule has 110 valence electrons. The number of nitrogens with zero attached hydrogens (tertiary/aromatic N) is 1. The molecule has 0 aliphatic rings. The molecule has 4 heteroatoms. The summed E-state index contributed by atoms with van der Waals surface area (Å²) in [4.78, 5) is 25.9. The number of likely N-dealkylation sites (N-methyl/N-ethyl adjacent to an activating group) is 1. The Hall–Kier alpha value is -1.84.